The monoisotopic (exact) mass is 274 g/mol. The predicted molar refractivity (Wildman–Crippen MR) is 75.4 cm³/mol. The Bertz CT molecular complexity index is 572. The Morgan fingerprint density at radius 3 is 2.95 bits per heavy atom. The van der Waals surface area contributed by atoms with Crippen LogP contribution in [0.5, 0.6) is 0 Å². The van der Waals surface area contributed by atoms with Crippen LogP contribution in [0.2, 0.25) is 0 Å². The first-order chi connectivity index (χ1) is 9.19. The fourth-order valence-corrected chi connectivity index (χ4v) is 2.74. The molecule has 98 valence electrons. The van der Waals surface area contributed by atoms with Crippen LogP contribution in [0.25, 0.3) is 0 Å². The van der Waals surface area contributed by atoms with E-state index < -0.39 is 0 Å². The number of thiophene rings is 1. The Morgan fingerprint density at radius 1 is 1.42 bits per heavy atom. The summed E-state index contributed by atoms with van der Waals surface area (Å²) in [5.74, 6) is -0.304. The van der Waals surface area contributed by atoms with Crippen molar-refractivity contribution in [1.29, 1.82) is 5.26 Å². The third-order valence-electron chi connectivity index (χ3n) is 2.92. The maximum Gasteiger partial charge on any atom is 0.123 e. The first-order valence-corrected chi connectivity index (χ1v) is 7.01. The molecule has 2 nitrogen and oxygen atoms in total. The van der Waals surface area contributed by atoms with Crippen LogP contribution < -0.4 is 5.32 Å². The molecule has 19 heavy (non-hydrogen) atoms. The lowest BCUT2D eigenvalue weighted by molar-refractivity contribution is 0.545. The van der Waals surface area contributed by atoms with E-state index in [1.807, 2.05) is 6.07 Å². The number of benzene rings is 1. The largest absolute Gasteiger partial charge is 0.310 e. The molecule has 0 aliphatic heterocycles. The summed E-state index contributed by atoms with van der Waals surface area (Å²) in [6, 6.07) is 10.8. The van der Waals surface area contributed by atoms with Gasteiger partial charge >= 0.3 is 0 Å². The number of rotatable bonds is 5. The number of nitriles is 1. The Kier molecular flexibility index (Phi) is 4.67. The highest BCUT2D eigenvalue weighted by Crippen LogP contribution is 2.13. The van der Waals surface area contributed by atoms with Crippen molar-refractivity contribution in [2.24, 2.45) is 0 Å². The van der Waals surface area contributed by atoms with Crippen molar-refractivity contribution in [2.75, 3.05) is 0 Å². The first-order valence-electron chi connectivity index (χ1n) is 6.13. The second-order valence-electron chi connectivity index (χ2n) is 4.48. The number of hydrogen-bond acceptors (Lipinski definition) is 3. The van der Waals surface area contributed by atoms with Crippen molar-refractivity contribution < 1.29 is 4.39 Å². The Morgan fingerprint density at radius 2 is 2.26 bits per heavy atom. The zero-order valence-electron chi connectivity index (χ0n) is 10.7. The van der Waals surface area contributed by atoms with Gasteiger partial charge in [-0.1, -0.05) is 6.07 Å². The average Bonchev–Trinajstić information content (AvgIpc) is 2.89. The Balaban J connectivity index is 1.95. The van der Waals surface area contributed by atoms with E-state index in [4.69, 9.17) is 5.26 Å². The molecule has 1 aromatic heterocycles. The third-order valence-corrected chi connectivity index (χ3v) is 3.81. The van der Waals surface area contributed by atoms with Crippen molar-refractivity contribution in [3.05, 3.63) is 57.5 Å². The summed E-state index contributed by atoms with van der Waals surface area (Å²) in [5.41, 5.74) is 1.23. The summed E-state index contributed by atoms with van der Waals surface area (Å²) in [5, 5.41) is 14.4. The first kappa shape index (κ1) is 13.7. The molecule has 0 radical (unpaired) electrons. The zero-order valence-corrected chi connectivity index (χ0v) is 11.5. The van der Waals surface area contributed by atoms with Gasteiger partial charge < -0.3 is 5.32 Å². The van der Waals surface area contributed by atoms with E-state index in [-0.39, 0.29) is 11.9 Å². The van der Waals surface area contributed by atoms with Gasteiger partial charge in [-0.3, -0.25) is 0 Å². The standard InChI is InChI=1S/C15H15FN2S/c1-11(7-15-3-2-6-19-15)18-10-13-8-14(16)5-4-12(13)9-17/h2-6,8,11,18H,7,10H2,1H3. The van der Waals surface area contributed by atoms with Crippen LogP contribution in [0.3, 0.4) is 0 Å². The predicted octanol–water partition coefficient (Wildman–Crippen LogP) is 3.48. The summed E-state index contributed by atoms with van der Waals surface area (Å²) >= 11 is 1.73. The van der Waals surface area contributed by atoms with Gasteiger partial charge in [0.1, 0.15) is 5.82 Å². The fraction of sp³-hybridized carbons (Fsp3) is 0.267. The molecule has 1 unspecified atom stereocenters. The van der Waals surface area contributed by atoms with Crippen LogP contribution in [0.4, 0.5) is 4.39 Å². The molecule has 1 heterocycles. The average molecular weight is 274 g/mol. The van der Waals surface area contributed by atoms with Gasteiger partial charge in [0.2, 0.25) is 0 Å². The van der Waals surface area contributed by atoms with E-state index in [0.29, 0.717) is 17.7 Å². The molecular formula is C15H15FN2S. The van der Waals surface area contributed by atoms with Gasteiger partial charge in [0.25, 0.3) is 0 Å². The minimum Gasteiger partial charge on any atom is -0.310 e. The quantitative estimate of drug-likeness (QED) is 0.906. The molecule has 1 N–H and O–H groups in total. The van der Waals surface area contributed by atoms with Crippen LogP contribution in [-0.4, -0.2) is 6.04 Å². The highest BCUT2D eigenvalue weighted by molar-refractivity contribution is 7.09. The summed E-state index contributed by atoms with van der Waals surface area (Å²) in [6.07, 6.45) is 0.939. The lowest BCUT2D eigenvalue weighted by Gasteiger charge is -2.13. The van der Waals surface area contributed by atoms with Gasteiger partial charge in [-0.25, -0.2) is 4.39 Å². The van der Waals surface area contributed by atoms with Crippen molar-refractivity contribution in [3.63, 3.8) is 0 Å². The third kappa shape index (κ3) is 3.88. The van der Waals surface area contributed by atoms with Crippen LogP contribution >= 0.6 is 11.3 Å². The van der Waals surface area contributed by atoms with Gasteiger partial charge in [-0.2, -0.15) is 5.26 Å². The number of nitrogens with zero attached hydrogens (tertiary/aromatic N) is 1. The molecule has 0 amide bonds. The van der Waals surface area contributed by atoms with E-state index in [9.17, 15) is 4.39 Å². The van der Waals surface area contributed by atoms with Gasteiger partial charge in [0.15, 0.2) is 0 Å². The van der Waals surface area contributed by atoms with Crippen LogP contribution in [0.1, 0.15) is 22.9 Å². The molecule has 1 aromatic carbocycles. The topological polar surface area (TPSA) is 35.8 Å². The molecule has 0 aliphatic carbocycles. The molecular weight excluding hydrogens is 259 g/mol. The summed E-state index contributed by atoms with van der Waals surface area (Å²) in [6.45, 7) is 2.60. The molecule has 0 aliphatic rings. The maximum absolute atomic E-state index is 13.2. The van der Waals surface area contributed by atoms with E-state index in [0.717, 1.165) is 6.42 Å². The normalized spacial score (nSPS) is 12.1. The lowest BCUT2D eigenvalue weighted by Crippen LogP contribution is -2.27. The van der Waals surface area contributed by atoms with Crippen LogP contribution in [0.15, 0.2) is 35.7 Å². The summed E-state index contributed by atoms with van der Waals surface area (Å²) in [7, 11) is 0. The van der Waals surface area contributed by atoms with E-state index in [1.165, 1.54) is 23.1 Å². The molecule has 0 saturated heterocycles. The van der Waals surface area contributed by atoms with E-state index >= 15 is 0 Å². The minimum atomic E-state index is -0.304. The van der Waals surface area contributed by atoms with E-state index in [2.05, 4.69) is 29.8 Å². The molecule has 0 fully saturated rings. The summed E-state index contributed by atoms with van der Waals surface area (Å²) < 4.78 is 13.2. The molecule has 0 bridgehead atoms. The number of halogens is 1. The zero-order chi connectivity index (χ0) is 13.7. The summed E-state index contributed by atoms with van der Waals surface area (Å²) in [4.78, 5) is 1.32. The molecule has 1 atom stereocenters. The molecule has 4 heteroatoms. The van der Waals surface area contributed by atoms with Crippen molar-refractivity contribution in [1.82, 2.24) is 5.32 Å². The lowest BCUT2D eigenvalue weighted by atomic mass is 10.1. The smallest absolute Gasteiger partial charge is 0.123 e. The highest BCUT2D eigenvalue weighted by atomic mass is 32.1. The Labute approximate surface area is 116 Å². The van der Waals surface area contributed by atoms with E-state index in [1.54, 1.807) is 11.3 Å². The molecule has 2 aromatic rings. The highest BCUT2D eigenvalue weighted by Gasteiger charge is 2.07. The second kappa shape index (κ2) is 6.46. The van der Waals surface area contributed by atoms with Crippen LogP contribution in [0, 0.1) is 17.1 Å². The fourth-order valence-electron chi connectivity index (χ4n) is 1.90. The van der Waals surface area contributed by atoms with Gasteiger partial charge in [0.05, 0.1) is 11.6 Å². The SMILES string of the molecule is CC(Cc1cccs1)NCc1cc(F)ccc1C#N. The number of hydrogen-bond donors (Lipinski definition) is 1. The van der Waals surface area contributed by atoms with Gasteiger partial charge in [-0.05, 0) is 48.6 Å². The molecule has 0 spiro atoms. The van der Waals surface area contributed by atoms with Crippen LogP contribution in [-0.2, 0) is 13.0 Å². The van der Waals surface area contributed by atoms with Crippen molar-refractivity contribution in [3.8, 4) is 6.07 Å². The van der Waals surface area contributed by atoms with Gasteiger partial charge in [0, 0.05) is 17.5 Å². The Hall–Kier alpha value is -1.70. The maximum atomic E-state index is 13.2. The number of nitrogens with one attached hydrogen (secondary N) is 1. The minimum absolute atomic E-state index is 0.286. The van der Waals surface area contributed by atoms with Gasteiger partial charge in [-0.15, -0.1) is 11.3 Å². The molecule has 0 saturated carbocycles. The van der Waals surface area contributed by atoms with Crippen molar-refractivity contribution in [2.45, 2.75) is 25.9 Å². The second-order valence-corrected chi connectivity index (χ2v) is 5.51. The van der Waals surface area contributed by atoms with Crippen molar-refractivity contribution >= 4 is 11.3 Å². The molecule has 2 rings (SSSR count).